The van der Waals surface area contributed by atoms with E-state index in [-0.39, 0.29) is 18.2 Å². The van der Waals surface area contributed by atoms with E-state index in [4.69, 9.17) is 0 Å². The monoisotopic (exact) mass is 266 g/mol. The number of ether oxygens (including phenoxy) is 1. The fourth-order valence-corrected chi connectivity index (χ4v) is 0.818. The molecule has 13 heavy (non-hydrogen) atoms. The Morgan fingerprint density at radius 1 is 1.54 bits per heavy atom. The molecule has 0 N–H and O–H groups in total. The van der Waals surface area contributed by atoms with Gasteiger partial charge in [-0.05, 0) is 22.9 Å². The highest BCUT2D eigenvalue weighted by atomic mass is 79.9. The van der Waals surface area contributed by atoms with Crippen LogP contribution in [0, 0.1) is 0 Å². The van der Waals surface area contributed by atoms with Crippen molar-refractivity contribution in [1.29, 1.82) is 0 Å². The van der Waals surface area contributed by atoms with Gasteiger partial charge in [-0.1, -0.05) is 0 Å². The van der Waals surface area contributed by atoms with Gasteiger partial charge in [0.25, 0.3) is 0 Å². The van der Waals surface area contributed by atoms with Crippen molar-refractivity contribution in [3.05, 3.63) is 22.7 Å². The standard InChI is InChI=1S/C7H7BrN2O2.ClH/c1-2-12-7(11)6-9-3-5(8)4-10-6;/h3-4H,2H2,1H3;1H. The number of carbonyl (C=O) groups excluding carboxylic acids is 1. The lowest BCUT2D eigenvalue weighted by Crippen LogP contribution is -2.08. The molecule has 4 nitrogen and oxygen atoms in total. The Morgan fingerprint density at radius 3 is 2.54 bits per heavy atom. The van der Waals surface area contributed by atoms with E-state index in [2.05, 4.69) is 30.6 Å². The SMILES string of the molecule is CCOC(=O)c1ncc(Br)cn1.Cl. The van der Waals surface area contributed by atoms with Crippen LogP contribution < -0.4 is 0 Å². The number of aromatic nitrogens is 2. The number of nitrogens with zero attached hydrogens (tertiary/aromatic N) is 2. The molecule has 0 aliphatic rings. The summed E-state index contributed by atoms with van der Waals surface area (Å²) in [6.07, 6.45) is 3.00. The average molecular weight is 268 g/mol. The normalized spacial score (nSPS) is 8.77. The lowest BCUT2D eigenvalue weighted by molar-refractivity contribution is 0.0512. The van der Waals surface area contributed by atoms with Crippen LogP contribution in [-0.2, 0) is 4.74 Å². The quantitative estimate of drug-likeness (QED) is 0.767. The molecule has 1 aromatic heterocycles. The van der Waals surface area contributed by atoms with Gasteiger partial charge >= 0.3 is 5.97 Å². The molecular weight excluding hydrogens is 259 g/mol. The van der Waals surface area contributed by atoms with E-state index in [1.807, 2.05) is 0 Å². The summed E-state index contributed by atoms with van der Waals surface area (Å²) >= 11 is 3.16. The van der Waals surface area contributed by atoms with E-state index in [1.165, 1.54) is 12.4 Å². The Bertz CT molecular complexity index is 278. The van der Waals surface area contributed by atoms with Crippen molar-refractivity contribution in [3.8, 4) is 0 Å². The molecule has 0 radical (unpaired) electrons. The molecule has 0 unspecified atom stereocenters. The highest BCUT2D eigenvalue weighted by Crippen LogP contribution is 2.04. The van der Waals surface area contributed by atoms with E-state index in [0.29, 0.717) is 6.61 Å². The topological polar surface area (TPSA) is 52.1 Å². The molecular formula is C7H8BrClN2O2. The van der Waals surface area contributed by atoms with E-state index in [0.717, 1.165) is 4.47 Å². The number of hydrogen-bond donors (Lipinski definition) is 0. The van der Waals surface area contributed by atoms with Crippen LogP contribution in [0.2, 0.25) is 0 Å². The molecule has 0 atom stereocenters. The van der Waals surface area contributed by atoms with Crippen molar-refractivity contribution >= 4 is 34.3 Å². The summed E-state index contributed by atoms with van der Waals surface area (Å²) in [5.74, 6) is -0.412. The highest BCUT2D eigenvalue weighted by molar-refractivity contribution is 9.10. The minimum atomic E-state index is -0.495. The van der Waals surface area contributed by atoms with Crippen molar-refractivity contribution in [1.82, 2.24) is 9.97 Å². The van der Waals surface area contributed by atoms with Gasteiger partial charge in [0.1, 0.15) is 0 Å². The van der Waals surface area contributed by atoms with Crippen LogP contribution in [-0.4, -0.2) is 22.5 Å². The smallest absolute Gasteiger partial charge is 0.376 e. The van der Waals surface area contributed by atoms with Crippen molar-refractivity contribution in [2.24, 2.45) is 0 Å². The molecule has 0 spiro atoms. The Kier molecular flexibility index (Phi) is 5.57. The lowest BCUT2D eigenvalue weighted by atomic mass is 10.5. The summed E-state index contributed by atoms with van der Waals surface area (Å²) in [6, 6.07) is 0. The highest BCUT2D eigenvalue weighted by Gasteiger charge is 2.08. The second-order valence-electron chi connectivity index (χ2n) is 1.95. The first-order chi connectivity index (χ1) is 5.74. The summed E-state index contributed by atoms with van der Waals surface area (Å²) < 4.78 is 5.42. The summed E-state index contributed by atoms with van der Waals surface area (Å²) in [5.41, 5.74) is 0. The molecule has 0 amide bonds. The van der Waals surface area contributed by atoms with E-state index in [9.17, 15) is 4.79 Å². The van der Waals surface area contributed by atoms with Gasteiger partial charge in [0.05, 0.1) is 11.1 Å². The maximum Gasteiger partial charge on any atom is 0.376 e. The van der Waals surface area contributed by atoms with Crippen LogP contribution in [0.3, 0.4) is 0 Å². The molecule has 72 valence electrons. The van der Waals surface area contributed by atoms with Crippen LogP contribution in [0.15, 0.2) is 16.9 Å². The molecule has 0 fully saturated rings. The predicted octanol–water partition coefficient (Wildman–Crippen LogP) is 1.84. The van der Waals surface area contributed by atoms with Crippen LogP contribution in [0.1, 0.15) is 17.5 Å². The van der Waals surface area contributed by atoms with Gasteiger partial charge in [0.15, 0.2) is 0 Å². The van der Waals surface area contributed by atoms with Crippen molar-refractivity contribution in [2.45, 2.75) is 6.92 Å². The maximum atomic E-state index is 11.0. The molecule has 1 heterocycles. The molecule has 1 aromatic rings. The van der Waals surface area contributed by atoms with Crippen LogP contribution >= 0.6 is 28.3 Å². The molecule has 1 rings (SSSR count). The first kappa shape index (κ1) is 12.3. The summed E-state index contributed by atoms with van der Waals surface area (Å²) in [5, 5.41) is 0. The molecule has 0 bridgehead atoms. The fraction of sp³-hybridized carbons (Fsp3) is 0.286. The summed E-state index contributed by atoms with van der Waals surface area (Å²) in [4.78, 5) is 18.5. The second-order valence-corrected chi connectivity index (χ2v) is 2.86. The number of rotatable bonds is 2. The van der Waals surface area contributed by atoms with Gasteiger partial charge in [-0.25, -0.2) is 14.8 Å². The predicted molar refractivity (Wildman–Crippen MR) is 52.9 cm³/mol. The first-order valence-corrected chi connectivity index (χ1v) is 4.18. The minimum Gasteiger partial charge on any atom is -0.460 e. The van der Waals surface area contributed by atoms with E-state index in [1.54, 1.807) is 6.92 Å². The largest absolute Gasteiger partial charge is 0.460 e. The zero-order valence-corrected chi connectivity index (χ0v) is 9.26. The van der Waals surface area contributed by atoms with Crippen molar-refractivity contribution in [2.75, 3.05) is 6.61 Å². The number of halogens is 2. The van der Waals surface area contributed by atoms with Gasteiger partial charge in [-0.2, -0.15) is 0 Å². The fourth-order valence-electron chi connectivity index (χ4n) is 0.613. The minimum absolute atomic E-state index is 0. The van der Waals surface area contributed by atoms with Gasteiger partial charge < -0.3 is 4.74 Å². The van der Waals surface area contributed by atoms with E-state index >= 15 is 0 Å². The van der Waals surface area contributed by atoms with Crippen molar-refractivity contribution in [3.63, 3.8) is 0 Å². The van der Waals surface area contributed by atoms with Crippen molar-refractivity contribution < 1.29 is 9.53 Å². The number of hydrogen-bond acceptors (Lipinski definition) is 4. The third-order valence-corrected chi connectivity index (χ3v) is 1.49. The average Bonchev–Trinajstić information content (AvgIpc) is 2.06. The molecule has 6 heteroatoms. The molecule has 0 saturated carbocycles. The zero-order chi connectivity index (χ0) is 8.97. The third-order valence-electron chi connectivity index (χ3n) is 1.08. The molecule has 0 aromatic carbocycles. The number of esters is 1. The van der Waals surface area contributed by atoms with Gasteiger partial charge in [-0.15, -0.1) is 12.4 Å². The Hall–Kier alpha value is -0.680. The Balaban J connectivity index is 0.00000144. The van der Waals surface area contributed by atoms with Gasteiger partial charge in [-0.3, -0.25) is 0 Å². The maximum absolute atomic E-state index is 11.0. The van der Waals surface area contributed by atoms with E-state index < -0.39 is 5.97 Å². The lowest BCUT2D eigenvalue weighted by Gasteiger charge is -1.98. The first-order valence-electron chi connectivity index (χ1n) is 3.38. The molecule has 0 saturated heterocycles. The molecule has 0 aliphatic heterocycles. The Labute approximate surface area is 90.3 Å². The second kappa shape index (κ2) is 5.88. The Morgan fingerprint density at radius 2 is 2.08 bits per heavy atom. The summed E-state index contributed by atoms with van der Waals surface area (Å²) in [6.45, 7) is 2.06. The van der Waals surface area contributed by atoms with Crippen LogP contribution in [0.25, 0.3) is 0 Å². The zero-order valence-electron chi connectivity index (χ0n) is 6.86. The van der Waals surface area contributed by atoms with Gasteiger partial charge in [0, 0.05) is 12.4 Å². The van der Waals surface area contributed by atoms with Gasteiger partial charge in [0.2, 0.25) is 5.82 Å². The summed E-state index contributed by atoms with van der Waals surface area (Å²) in [7, 11) is 0. The third kappa shape index (κ3) is 3.69. The number of carbonyl (C=O) groups is 1. The molecule has 0 aliphatic carbocycles. The van der Waals surface area contributed by atoms with Crippen LogP contribution in [0.4, 0.5) is 0 Å². The van der Waals surface area contributed by atoms with Crippen LogP contribution in [0.5, 0.6) is 0 Å².